The van der Waals surface area contributed by atoms with Gasteiger partial charge in [-0.1, -0.05) is 50.8 Å². The summed E-state index contributed by atoms with van der Waals surface area (Å²) < 4.78 is 18.5. The molecule has 1 atom stereocenters. The van der Waals surface area contributed by atoms with E-state index in [1.807, 2.05) is 12.1 Å². The molecule has 5 aromatic rings. The monoisotopic (exact) mass is 690 g/mol. The third kappa shape index (κ3) is 9.81. The van der Waals surface area contributed by atoms with Gasteiger partial charge < -0.3 is 24.8 Å². The molecule has 5 rings (SSSR count). The Morgan fingerprint density at radius 2 is 1.63 bits per heavy atom. The first-order chi connectivity index (χ1) is 24.7. The van der Waals surface area contributed by atoms with Crippen molar-refractivity contribution >= 4 is 34.8 Å². The van der Waals surface area contributed by atoms with E-state index in [0.29, 0.717) is 46.0 Å². The van der Waals surface area contributed by atoms with E-state index >= 15 is 0 Å². The molecule has 2 heterocycles. The standard InChI is InChI=1S/C40H42N4O7/c1-4-5-6-7-10-22-50-32-18-16-29(17-19-32)40(48)51-36-20-15-28(24-37(36)49-3)23-34(27(2)45)43-38(46)30-12-11-13-31(25-30)42-39(47)33-26-41-44-21-9-8-14-35(33)44/h8-9,11-21,24-26,34H,4-7,10,22-23H2,1-3H3,(H,42,47)(H,43,46). The Kier molecular flexibility index (Phi) is 12.5. The van der Waals surface area contributed by atoms with Crippen LogP contribution in [-0.2, 0) is 11.2 Å². The zero-order chi connectivity index (χ0) is 36.2. The molecule has 0 saturated carbocycles. The molecular weight excluding hydrogens is 648 g/mol. The molecule has 0 aliphatic carbocycles. The zero-order valence-corrected chi connectivity index (χ0v) is 29.0. The summed E-state index contributed by atoms with van der Waals surface area (Å²) in [6, 6.07) is 22.8. The number of carbonyl (C=O) groups is 4. The van der Waals surface area contributed by atoms with Crippen LogP contribution in [0.5, 0.6) is 17.2 Å². The van der Waals surface area contributed by atoms with Crippen molar-refractivity contribution in [2.75, 3.05) is 19.0 Å². The number of nitrogens with one attached hydrogen (secondary N) is 2. The van der Waals surface area contributed by atoms with Gasteiger partial charge in [0.05, 0.1) is 42.6 Å². The Hall–Kier alpha value is -5.97. The number of fused-ring (bicyclic) bond motifs is 1. The lowest BCUT2D eigenvalue weighted by Crippen LogP contribution is -2.41. The molecule has 11 heteroatoms. The van der Waals surface area contributed by atoms with Gasteiger partial charge in [0, 0.05) is 17.4 Å². The number of pyridine rings is 1. The first-order valence-electron chi connectivity index (χ1n) is 17.0. The normalized spacial score (nSPS) is 11.4. The number of Topliss-reactive ketones (excluding diaryl/α,β-unsaturated/α-hetero) is 1. The fourth-order valence-electron chi connectivity index (χ4n) is 5.48. The molecule has 11 nitrogen and oxygen atoms in total. The minimum Gasteiger partial charge on any atom is -0.494 e. The highest BCUT2D eigenvalue weighted by atomic mass is 16.6. The SMILES string of the molecule is CCCCCCCOc1ccc(C(=O)Oc2ccc(CC(NC(=O)c3cccc(NC(=O)c4cnn5ccccc45)c3)C(C)=O)cc2OC)cc1. The molecule has 0 bridgehead atoms. The Labute approximate surface area is 296 Å². The van der Waals surface area contributed by atoms with Gasteiger partial charge in [-0.15, -0.1) is 0 Å². The van der Waals surface area contributed by atoms with Crippen LogP contribution in [0.2, 0.25) is 0 Å². The lowest BCUT2D eigenvalue weighted by atomic mass is 10.0. The maximum atomic E-state index is 13.3. The summed E-state index contributed by atoms with van der Waals surface area (Å²) in [5.74, 6) is -0.460. The van der Waals surface area contributed by atoms with Crippen molar-refractivity contribution in [1.29, 1.82) is 0 Å². The molecule has 0 spiro atoms. The lowest BCUT2D eigenvalue weighted by molar-refractivity contribution is -0.118. The summed E-state index contributed by atoms with van der Waals surface area (Å²) in [5.41, 5.74) is 2.75. The maximum Gasteiger partial charge on any atom is 0.343 e. The number of hydrogen-bond acceptors (Lipinski definition) is 8. The van der Waals surface area contributed by atoms with Crippen molar-refractivity contribution in [2.24, 2.45) is 0 Å². The number of benzene rings is 3. The highest BCUT2D eigenvalue weighted by Crippen LogP contribution is 2.30. The predicted molar refractivity (Wildman–Crippen MR) is 194 cm³/mol. The number of methoxy groups -OCH3 is 1. The van der Waals surface area contributed by atoms with Gasteiger partial charge >= 0.3 is 5.97 Å². The minimum atomic E-state index is -0.857. The van der Waals surface area contributed by atoms with Crippen LogP contribution in [0.1, 0.15) is 82.6 Å². The summed E-state index contributed by atoms with van der Waals surface area (Å²) >= 11 is 0. The number of ketones is 1. The van der Waals surface area contributed by atoms with Gasteiger partial charge in [-0.25, -0.2) is 9.31 Å². The molecule has 0 aliphatic rings. The molecule has 0 fully saturated rings. The van der Waals surface area contributed by atoms with E-state index in [0.717, 1.165) is 12.8 Å². The molecule has 2 aromatic heterocycles. The van der Waals surface area contributed by atoms with Crippen molar-refractivity contribution in [2.45, 2.75) is 58.4 Å². The number of nitrogens with zero attached hydrogens (tertiary/aromatic N) is 2. The van der Waals surface area contributed by atoms with Crippen molar-refractivity contribution in [1.82, 2.24) is 14.9 Å². The Morgan fingerprint density at radius 3 is 2.39 bits per heavy atom. The second kappa shape index (κ2) is 17.6. The van der Waals surface area contributed by atoms with Crippen molar-refractivity contribution in [3.63, 3.8) is 0 Å². The number of ether oxygens (including phenoxy) is 3. The van der Waals surface area contributed by atoms with Gasteiger partial charge in [0.2, 0.25) is 0 Å². The van der Waals surface area contributed by atoms with E-state index in [9.17, 15) is 19.2 Å². The van der Waals surface area contributed by atoms with Crippen molar-refractivity contribution in [3.05, 3.63) is 120 Å². The smallest absolute Gasteiger partial charge is 0.343 e. The van der Waals surface area contributed by atoms with Gasteiger partial charge in [0.25, 0.3) is 11.8 Å². The third-order valence-electron chi connectivity index (χ3n) is 8.33. The highest BCUT2D eigenvalue weighted by Gasteiger charge is 2.21. The molecule has 0 radical (unpaired) electrons. The van der Waals surface area contributed by atoms with Crippen LogP contribution in [0.3, 0.4) is 0 Å². The van der Waals surface area contributed by atoms with E-state index in [2.05, 4.69) is 22.7 Å². The summed E-state index contributed by atoms with van der Waals surface area (Å²) in [6.07, 6.45) is 9.14. The lowest BCUT2D eigenvalue weighted by Gasteiger charge is -2.18. The van der Waals surface area contributed by atoms with Crippen LogP contribution in [0.15, 0.2) is 97.3 Å². The van der Waals surface area contributed by atoms with E-state index in [1.54, 1.807) is 83.5 Å². The molecule has 264 valence electrons. The van der Waals surface area contributed by atoms with Crippen LogP contribution < -0.4 is 24.8 Å². The van der Waals surface area contributed by atoms with Gasteiger partial charge in [0.1, 0.15) is 5.75 Å². The molecule has 51 heavy (non-hydrogen) atoms. The van der Waals surface area contributed by atoms with Crippen LogP contribution in [0.25, 0.3) is 5.52 Å². The molecule has 0 aliphatic heterocycles. The number of carbonyl (C=O) groups excluding carboxylic acids is 4. The number of rotatable bonds is 17. The largest absolute Gasteiger partial charge is 0.494 e. The summed E-state index contributed by atoms with van der Waals surface area (Å²) in [6.45, 7) is 4.21. The zero-order valence-electron chi connectivity index (χ0n) is 29.0. The molecular formula is C40H42N4O7. The molecule has 2 N–H and O–H groups in total. The summed E-state index contributed by atoms with van der Waals surface area (Å²) in [4.78, 5) is 51.8. The second-order valence-corrected chi connectivity index (χ2v) is 12.1. The topological polar surface area (TPSA) is 137 Å². The van der Waals surface area contributed by atoms with Gasteiger partial charge in [0.15, 0.2) is 17.3 Å². The molecule has 2 amide bonds. The van der Waals surface area contributed by atoms with Gasteiger partial charge in [-0.2, -0.15) is 5.10 Å². The summed E-state index contributed by atoms with van der Waals surface area (Å²) in [5, 5.41) is 9.80. The quantitative estimate of drug-likeness (QED) is 0.0599. The number of amides is 2. The highest BCUT2D eigenvalue weighted by molar-refractivity contribution is 6.09. The summed E-state index contributed by atoms with van der Waals surface area (Å²) in [7, 11) is 1.45. The van der Waals surface area contributed by atoms with Crippen LogP contribution in [0, 0.1) is 0 Å². The van der Waals surface area contributed by atoms with Crippen LogP contribution in [-0.4, -0.2) is 52.9 Å². The number of unbranched alkanes of at least 4 members (excludes halogenated alkanes) is 4. The molecule has 3 aromatic carbocycles. The average molecular weight is 691 g/mol. The number of anilines is 1. The van der Waals surface area contributed by atoms with Crippen LogP contribution >= 0.6 is 0 Å². The van der Waals surface area contributed by atoms with E-state index in [1.165, 1.54) is 39.5 Å². The Balaban J connectivity index is 1.18. The van der Waals surface area contributed by atoms with Crippen LogP contribution in [0.4, 0.5) is 5.69 Å². The van der Waals surface area contributed by atoms with Gasteiger partial charge in [-0.05, 0) is 92.1 Å². The van der Waals surface area contributed by atoms with E-state index in [4.69, 9.17) is 14.2 Å². The maximum absolute atomic E-state index is 13.3. The first kappa shape index (κ1) is 36.3. The van der Waals surface area contributed by atoms with Gasteiger partial charge in [-0.3, -0.25) is 14.4 Å². The average Bonchev–Trinajstić information content (AvgIpc) is 3.58. The second-order valence-electron chi connectivity index (χ2n) is 12.1. The van der Waals surface area contributed by atoms with E-state index < -0.39 is 17.9 Å². The predicted octanol–water partition coefficient (Wildman–Crippen LogP) is 7.09. The Bertz CT molecular complexity index is 1990. The fraction of sp³-hybridized carbons (Fsp3) is 0.275. The fourth-order valence-corrected chi connectivity index (χ4v) is 5.48. The Morgan fingerprint density at radius 1 is 0.824 bits per heavy atom. The first-order valence-corrected chi connectivity index (χ1v) is 17.0. The number of hydrogen-bond donors (Lipinski definition) is 2. The third-order valence-corrected chi connectivity index (χ3v) is 8.33. The van der Waals surface area contributed by atoms with Crippen molar-refractivity contribution in [3.8, 4) is 17.2 Å². The number of esters is 1. The van der Waals surface area contributed by atoms with E-state index in [-0.39, 0.29) is 29.4 Å². The minimum absolute atomic E-state index is 0.164. The molecule has 1 unspecified atom stereocenters. The van der Waals surface area contributed by atoms with Crippen molar-refractivity contribution < 1.29 is 33.4 Å². The number of aromatic nitrogens is 2. The molecule has 0 saturated heterocycles.